The van der Waals surface area contributed by atoms with Gasteiger partial charge < -0.3 is 29.3 Å². The number of aliphatic hydroxyl groups excluding tert-OH is 1. The molecule has 0 saturated carbocycles. The molecule has 3 heterocycles. The van der Waals surface area contributed by atoms with Crippen LogP contribution in [0.15, 0.2) is 73.8 Å². The van der Waals surface area contributed by atoms with Crippen molar-refractivity contribution < 1.29 is 29.0 Å². The normalized spacial score (nSPS) is 26.9. The first-order chi connectivity index (χ1) is 23.1. The average molecular weight is 678 g/mol. The van der Waals surface area contributed by atoms with E-state index in [9.17, 15) is 9.90 Å². The maximum Gasteiger partial charge on any atom is 0.253 e. The Balaban J connectivity index is 1.65. The molecule has 2 unspecified atom stereocenters. The Kier molecular flexibility index (Phi) is 10.7. The molecule has 2 bridgehead atoms. The van der Waals surface area contributed by atoms with Gasteiger partial charge >= 0.3 is 0 Å². The highest BCUT2D eigenvalue weighted by molar-refractivity contribution is 6.34. The predicted octanol–water partition coefficient (Wildman–Crippen LogP) is 6.04. The second kappa shape index (κ2) is 14.4. The van der Waals surface area contributed by atoms with E-state index in [1.165, 1.54) is 4.90 Å². The number of hydrogen-bond acceptors (Lipinski definition) is 6. The fourth-order valence-corrected chi connectivity index (χ4v) is 8.48. The summed E-state index contributed by atoms with van der Waals surface area (Å²) in [5.74, 6) is -2.22. The average Bonchev–Trinajstić information content (AvgIpc) is 3.70. The van der Waals surface area contributed by atoms with Gasteiger partial charge in [0.05, 0.1) is 47.4 Å². The van der Waals surface area contributed by atoms with Crippen LogP contribution in [-0.2, 0) is 19.1 Å². The number of ether oxygens (including phenoxy) is 2. The second-order valence-electron chi connectivity index (χ2n) is 13.1. The highest BCUT2D eigenvalue weighted by atomic mass is 35.5. The summed E-state index contributed by atoms with van der Waals surface area (Å²) < 4.78 is 12.7. The number of rotatable bonds is 15. The number of carbonyl (C=O) groups is 3. The van der Waals surface area contributed by atoms with Gasteiger partial charge in [0.25, 0.3) is 5.91 Å². The highest BCUT2D eigenvalue weighted by Gasteiger charge is 2.79. The molecule has 3 aliphatic rings. The first-order valence-corrected chi connectivity index (χ1v) is 17.4. The third kappa shape index (κ3) is 5.73. The zero-order valence-electron chi connectivity index (χ0n) is 28.4. The number of halogens is 1. The zero-order chi connectivity index (χ0) is 34.8. The molecule has 258 valence electrons. The molecular weight excluding hydrogens is 630 g/mol. The summed E-state index contributed by atoms with van der Waals surface area (Å²) in [6, 6.07) is 12.6. The molecule has 2 aromatic carbocycles. The molecule has 3 aliphatic heterocycles. The minimum atomic E-state index is -1.29. The molecule has 5 rings (SSSR count). The van der Waals surface area contributed by atoms with Crippen molar-refractivity contribution in [3.63, 3.8) is 0 Å². The van der Waals surface area contributed by atoms with Crippen LogP contribution in [0.5, 0.6) is 5.75 Å². The lowest BCUT2D eigenvalue weighted by Crippen LogP contribution is -2.60. The lowest BCUT2D eigenvalue weighted by molar-refractivity contribution is -0.150. The first kappa shape index (κ1) is 35.6. The van der Waals surface area contributed by atoms with E-state index in [2.05, 4.69) is 13.2 Å². The number of benzene rings is 2. The fourth-order valence-electron chi connectivity index (χ4n) is 8.25. The second-order valence-corrected chi connectivity index (χ2v) is 13.5. The summed E-state index contributed by atoms with van der Waals surface area (Å²) in [5.41, 5.74) is -1.11. The van der Waals surface area contributed by atoms with E-state index in [0.29, 0.717) is 54.4 Å². The summed E-state index contributed by atoms with van der Waals surface area (Å²) in [7, 11) is 0. The quantitative estimate of drug-likeness (QED) is 0.231. The lowest BCUT2D eigenvalue weighted by Gasteiger charge is -2.41. The van der Waals surface area contributed by atoms with Crippen LogP contribution in [0.4, 0.5) is 11.4 Å². The van der Waals surface area contributed by atoms with Crippen molar-refractivity contribution in [3.05, 3.63) is 78.9 Å². The number of fused-ring (bicyclic) bond motifs is 1. The Hall–Kier alpha value is -3.66. The minimum Gasteiger partial charge on any atom is -0.494 e. The van der Waals surface area contributed by atoms with E-state index < -0.39 is 35.1 Å². The van der Waals surface area contributed by atoms with Crippen molar-refractivity contribution in [3.8, 4) is 5.75 Å². The molecule has 10 heteroatoms. The van der Waals surface area contributed by atoms with Crippen molar-refractivity contribution in [2.24, 2.45) is 17.8 Å². The van der Waals surface area contributed by atoms with Gasteiger partial charge in [-0.05, 0) is 68.5 Å². The molecule has 1 spiro atoms. The molecular formula is C38H48ClN3O6. The Morgan fingerprint density at radius 1 is 1.06 bits per heavy atom. The van der Waals surface area contributed by atoms with Crippen molar-refractivity contribution in [2.75, 3.05) is 36.1 Å². The molecule has 3 fully saturated rings. The molecule has 9 nitrogen and oxygen atoms in total. The van der Waals surface area contributed by atoms with Gasteiger partial charge in [-0.3, -0.25) is 14.4 Å². The van der Waals surface area contributed by atoms with Crippen LogP contribution in [0, 0.1) is 17.8 Å². The number of hydrogen-bond donors (Lipinski definition) is 1. The minimum absolute atomic E-state index is 0.134. The van der Waals surface area contributed by atoms with Crippen molar-refractivity contribution in [2.45, 2.75) is 76.7 Å². The third-order valence-electron chi connectivity index (χ3n) is 10.7. The van der Waals surface area contributed by atoms with Crippen molar-refractivity contribution in [1.29, 1.82) is 0 Å². The lowest BCUT2D eigenvalue weighted by atomic mass is 9.64. The van der Waals surface area contributed by atoms with Crippen LogP contribution >= 0.6 is 11.6 Å². The Morgan fingerprint density at radius 2 is 1.73 bits per heavy atom. The Morgan fingerprint density at radius 3 is 2.31 bits per heavy atom. The number of carbonyl (C=O) groups excluding carboxylic acids is 3. The number of amides is 3. The summed E-state index contributed by atoms with van der Waals surface area (Å²) in [6.07, 6.45) is 5.35. The Labute approximate surface area is 289 Å². The summed E-state index contributed by atoms with van der Waals surface area (Å²) in [5, 5.41) is 11.2. The van der Waals surface area contributed by atoms with Crippen LogP contribution in [0.1, 0.15) is 53.4 Å². The molecule has 1 N–H and O–H groups in total. The summed E-state index contributed by atoms with van der Waals surface area (Å²) >= 11 is 6.63. The third-order valence-corrected chi connectivity index (χ3v) is 11.0. The number of anilines is 2. The van der Waals surface area contributed by atoms with Crippen molar-refractivity contribution >= 4 is 40.7 Å². The molecule has 0 aliphatic carbocycles. The number of para-hydroxylation sites is 1. The van der Waals surface area contributed by atoms with Gasteiger partial charge in [-0.1, -0.05) is 63.1 Å². The van der Waals surface area contributed by atoms with Gasteiger partial charge in [0.2, 0.25) is 11.8 Å². The van der Waals surface area contributed by atoms with E-state index in [4.69, 9.17) is 21.1 Å². The van der Waals surface area contributed by atoms with Gasteiger partial charge in [-0.25, -0.2) is 0 Å². The smallest absolute Gasteiger partial charge is 0.253 e. The van der Waals surface area contributed by atoms with Crippen LogP contribution < -0.4 is 14.5 Å². The van der Waals surface area contributed by atoms with E-state index in [1.54, 1.807) is 46.2 Å². The molecule has 7 atom stereocenters. The molecule has 3 amide bonds. The number of likely N-dealkylation sites (tertiary alicyclic amines) is 1. The maximum absolute atomic E-state index is 15.1. The van der Waals surface area contributed by atoms with E-state index in [1.807, 2.05) is 52.0 Å². The summed E-state index contributed by atoms with van der Waals surface area (Å²) in [4.78, 5) is 49.7. The fraction of sp³-hybridized carbons (Fsp3) is 0.500. The topological polar surface area (TPSA) is 99.6 Å². The Bertz CT molecular complexity index is 1530. The molecule has 2 aromatic rings. The van der Waals surface area contributed by atoms with Gasteiger partial charge in [-0.2, -0.15) is 0 Å². The molecule has 0 aromatic heterocycles. The van der Waals surface area contributed by atoms with Gasteiger partial charge in [-0.15, -0.1) is 13.2 Å². The van der Waals surface area contributed by atoms with Gasteiger partial charge in [0.15, 0.2) is 0 Å². The van der Waals surface area contributed by atoms with Crippen LogP contribution in [0.25, 0.3) is 0 Å². The van der Waals surface area contributed by atoms with Gasteiger partial charge in [0.1, 0.15) is 17.4 Å². The first-order valence-electron chi connectivity index (χ1n) is 17.0. The van der Waals surface area contributed by atoms with E-state index in [-0.39, 0.29) is 43.3 Å². The van der Waals surface area contributed by atoms with Crippen molar-refractivity contribution in [1.82, 2.24) is 4.90 Å². The van der Waals surface area contributed by atoms with E-state index >= 15 is 9.59 Å². The van der Waals surface area contributed by atoms with Crippen LogP contribution in [0.3, 0.4) is 0 Å². The van der Waals surface area contributed by atoms with Gasteiger partial charge in [0, 0.05) is 18.8 Å². The standard InChI is InChI=1S/C38H48ClN3O6/c1-7-22-40(26-16-18-27(19-17-26)47-11-5)34(44)31-32-35(45)42(30(24-43)25(6)9-3)33(38(32)21-20-37(31,10-4)48-38)36(46)41(23-8-2)29-15-13-12-14-28(29)39/h7-8,12-19,25,30-33,43H,1-2,9-11,20-24H2,3-6H3/t25-,30-,31+,32-,33?,37-,38?/m0/s1. The molecule has 48 heavy (non-hydrogen) atoms. The highest BCUT2D eigenvalue weighted by Crippen LogP contribution is 2.65. The molecule has 0 radical (unpaired) electrons. The largest absolute Gasteiger partial charge is 0.494 e. The number of nitrogens with zero attached hydrogens (tertiary/aromatic N) is 3. The number of aliphatic hydroxyl groups is 1. The predicted molar refractivity (Wildman–Crippen MR) is 188 cm³/mol. The maximum atomic E-state index is 15.1. The van der Waals surface area contributed by atoms with Crippen LogP contribution in [-0.4, -0.2) is 77.3 Å². The summed E-state index contributed by atoms with van der Waals surface area (Å²) in [6.45, 7) is 16.2. The van der Waals surface area contributed by atoms with E-state index in [0.717, 1.165) is 0 Å². The zero-order valence-corrected chi connectivity index (χ0v) is 29.2. The van der Waals surface area contributed by atoms with Crippen LogP contribution in [0.2, 0.25) is 5.02 Å². The molecule has 3 saturated heterocycles. The monoisotopic (exact) mass is 677 g/mol. The SMILES string of the molecule is C=CCN(C(=O)[C@H]1[C@H]2C(=O)N([C@@H](CO)[C@@H](C)CC)C(C(=O)N(CC=C)c3ccccc3Cl)C23CC[C@]1(CC)O3)c1ccc(OCC)cc1.